The smallest absolute Gasteiger partial charge is 0.129 e. The molecule has 16 heavy (non-hydrogen) atoms. The van der Waals surface area contributed by atoms with Crippen LogP contribution in [0.25, 0.3) is 0 Å². The number of ether oxygens (including phenoxy) is 1. The van der Waals surface area contributed by atoms with E-state index in [-0.39, 0.29) is 0 Å². The fraction of sp³-hybridized carbons (Fsp3) is 0. The van der Waals surface area contributed by atoms with E-state index in [1.165, 1.54) is 0 Å². The van der Waals surface area contributed by atoms with Crippen LogP contribution in [0.3, 0.4) is 0 Å². The molecule has 0 bridgehead atoms. The Hall–Kier alpha value is -1.000. The second-order valence-corrected chi connectivity index (χ2v) is 5.02. The quantitative estimate of drug-likeness (QED) is 0.822. The number of hydrogen-bond donors (Lipinski definition) is 1. The van der Waals surface area contributed by atoms with Crippen LogP contribution in [0.4, 0.5) is 5.69 Å². The summed E-state index contributed by atoms with van der Waals surface area (Å²) >= 11 is 6.80. The molecule has 2 nitrogen and oxygen atoms in total. The molecule has 2 aromatic rings. The molecule has 0 saturated heterocycles. The Balaban J connectivity index is 2.27. The highest BCUT2D eigenvalue weighted by Gasteiger charge is 2.01. The van der Waals surface area contributed by atoms with Gasteiger partial charge in [-0.3, -0.25) is 0 Å². The fourth-order valence-corrected chi connectivity index (χ4v) is 2.50. The molecule has 0 heterocycles. The van der Waals surface area contributed by atoms with E-state index in [2.05, 4.69) is 37.9 Å². The predicted molar refractivity (Wildman–Crippen MR) is 71.6 cm³/mol. The SMILES string of the molecule is Nc1[c]ccc(Oc2cc(Br)cc(Br)c2)c1. The largest absolute Gasteiger partial charge is 0.457 e. The highest BCUT2D eigenvalue weighted by Crippen LogP contribution is 2.29. The molecule has 81 valence electrons. The second-order valence-electron chi connectivity index (χ2n) is 3.19. The third-order valence-corrected chi connectivity index (χ3v) is 2.78. The Morgan fingerprint density at radius 3 is 2.31 bits per heavy atom. The van der Waals surface area contributed by atoms with Gasteiger partial charge in [0.2, 0.25) is 0 Å². The highest BCUT2D eigenvalue weighted by atomic mass is 79.9. The van der Waals surface area contributed by atoms with Crippen LogP contribution in [-0.4, -0.2) is 0 Å². The number of hydrogen-bond acceptors (Lipinski definition) is 2. The van der Waals surface area contributed by atoms with Gasteiger partial charge in [-0.15, -0.1) is 0 Å². The predicted octanol–water partition coefficient (Wildman–Crippen LogP) is 4.39. The van der Waals surface area contributed by atoms with Crippen molar-refractivity contribution in [2.45, 2.75) is 0 Å². The van der Waals surface area contributed by atoms with Gasteiger partial charge in [0.1, 0.15) is 11.5 Å². The molecular weight excluding hydrogens is 334 g/mol. The van der Waals surface area contributed by atoms with Gasteiger partial charge in [0.15, 0.2) is 0 Å². The van der Waals surface area contributed by atoms with Crippen molar-refractivity contribution in [3.63, 3.8) is 0 Å². The molecule has 0 spiro atoms. The minimum Gasteiger partial charge on any atom is -0.457 e. The zero-order valence-electron chi connectivity index (χ0n) is 8.21. The molecule has 0 unspecified atom stereocenters. The summed E-state index contributed by atoms with van der Waals surface area (Å²) in [6.45, 7) is 0. The van der Waals surface area contributed by atoms with Gasteiger partial charge in [0.05, 0.1) is 0 Å². The van der Waals surface area contributed by atoms with Gasteiger partial charge in [0.25, 0.3) is 0 Å². The van der Waals surface area contributed by atoms with E-state index in [1.54, 1.807) is 12.1 Å². The van der Waals surface area contributed by atoms with E-state index >= 15 is 0 Å². The summed E-state index contributed by atoms with van der Waals surface area (Å²) in [4.78, 5) is 0. The summed E-state index contributed by atoms with van der Waals surface area (Å²) in [6, 6.07) is 13.9. The molecule has 0 aromatic heterocycles. The molecule has 0 amide bonds. The maximum atomic E-state index is 5.66. The van der Waals surface area contributed by atoms with Crippen LogP contribution in [0.2, 0.25) is 0 Å². The summed E-state index contributed by atoms with van der Waals surface area (Å²) in [6.07, 6.45) is 0. The number of halogens is 2. The number of nitrogens with two attached hydrogens (primary N) is 1. The molecule has 0 atom stereocenters. The minimum atomic E-state index is 0.562. The van der Waals surface area contributed by atoms with Crippen molar-refractivity contribution in [2.24, 2.45) is 0 Å². The van der Waals surface area contributed by atoms with Crippen LogP contribution in [0.5, 0.6) is 11.5 Å². The van der Waals surface area contributed by atoms with Gasteiger partial charge in [-0.25, -0.2) is 0 Å². The average molecular weight is 342 g/mol. The van der Waals surface area contributed by atoms with Gasteiger partial charge in [-0.2, -0.15) is 0 Å². The zero-order chi connectivity index (χ0) is 11.5. The lowest BCUT2D eigenvalue weighted by Gasteiger charge is -2.07. The Morgan fingerprint density at radius 1 is 1.00 bits per heavy atom. The lowest BCUT2D eigenvalue weighted by atomic mass is 10.3. The zero-order valence-corrected chi connectivity index (χ0v) is 11.4. The molecule has 2 rings (SSSR count). The van der Waals surface area contributed by atoms with Crippen LogP contribution in [-0.2, 0) is 0 Å². The van der Waals surface area contributed by atoms with Crippen LogP contribution in [0, 0.1) is 6.07 Å². The van der Waals surface area contributed by atoms with E-state index < -0.39 is 0 Å². The number of rotatable bonds is 2. The molecule has 1 radical (unpaired) electrons. The van der Waals surface area contributed by atoms with Crippen molar-refractivity contribution in [1.29, 1.82) is 0 Å². The minimum absolute atomic E-state index is 0.562. The molecule has 2 N–H and O–H groups in total. The molecular formula is C12H8Br2NO. The first-order chi connectivity index (χ1) is 7.63. The van der Waals surface area contributed by atoms with Crippen LogP contribution in [0.15, 0.2) is 45.3 Å². The van der Waals surface area contributed by atoms with Crippen molar-refractivity contribution >= 4 is 37.5 Å². The van der Waals surface area contributed by atoms with Crippen molar-refractivity contribution in [2.75, 3.05) is 5.73 Å². The van der Waals surface area contributed by atoms with Gasteiger partial charge in [-0.05, 0) is 30.3 Å². The van der Waals surface area contributed by atoms with E-state index in [1.807, 2.05) is 24.3 Å². The van der Waals surface area contributed by atoms with Crippen molar-refractivity contribution < 1.29 is 4.74 Å². The van der Waals surface area contributed by atoms with Gasteiger partial charge in [0, 0.05) is 26.8 Å². The molecule has 0 aliphatic heterocycles. The molecule has 0 saturated carbocycles. The van der Waals surface area contributed by atoms with Crippen molar-refractivity contribution in [3.8, 4) is 11.5 Å². The second kappa shape index (κ2) is 4.89. The van der Waals surface area contributed by atoms with Crippen LogP contribution >= 0.6 is 31.9 Å². The number of benzene rings is 2. The molecule has 2 aromatic carbocycles. The van der Waals surface area contributed by atoms with Crippen molar-refractivity contribution in [3.05, 3.63) is 51.4 Å². The Morgan fingerprint density at radius 2 is 1.69 bits per heavy atom. The third kappa shape index (κ3) is 3.00. The fourth-order valence-electron chi connectivity index (χ4n) is 1.25. The summed E-state index contributed by atoms with van der Waals surface area (Å²) in [5, 5.41) is 0. The Labute approximate surface area is 111 Å². The van der Waals surface area contributed by atoms with Crippen LogP contribution < -0.4 is 10.5 Å². The van der Waals surface area contributed by atoms with E-state index in [4.69, 9.17) is 10.5 Å². The van der Waals surface area contributed by atoms with Gasteiger partial charge in [-0.1, -0.05) is 31.9 Å². The maximum absolute atomic E-state index is 5.66. The molecule has 4 heteroatoms. The first-order valence-corrected chi connectivity index (χ1v) is 6.13. The summed E-state index contributed by atoms with van der Waals surface area (Å²) in [5.41, 5.74) is 6.18. The number of nitrogen functional groups attached to an aromatic ring is 1. The monoisotopic (exact) mass is 340 g/mol. The van der Waals surface area contributed by atoms with Gasteiger partial charge >= 0.3 is 0 Å². The first-order valence-electron chi connectivity index (χ1n) is 4.54. The number of anilines is 1. The van der Waals surface area contributed by atoms with E-state index in [0.29, 0.717) is 11.4 Å². The van der Waals surface area contributed by atoms with E-state index in [0.717, 1.165) is 14.7 Å². The van der Waals surface area contributed by atoms with E-state index in [9.17, 15) is 0 Å². The van der Waals surface area contributed by atoms with Crippen LogP contribution in [0.1, 0.15) is 0 Å². The average Bonchev–Trinajstić information content (AvgIpc) is 2.15. The summed E-state index contributed by atoms with van der Waals surface area (Å²) < 4.78 is 7.56. The highest BCUT2D eigenvalue weighted by molar-refractivity contribution is 9.11. The Kier molecular flexibility index (Phi) is 3.51. The standard InChI is InChI=1S/C12H8Br2NO/c13-8-4-9(14)6-12(5-8)16-11-3-1-2-10(15)7-11/h1,3-7H,15H2. The first kappa shape index (κ1) is 11.5. The molecule has 0 aliphatic rings. The lowest BCUT2D eigenvalue weighted by Crippen LogP contribution is -1.88. The topological polar surface area (TPSA) is 35.2 Å². The summed E-state index contributed by atoms with van der Waals surface area (Å²) in [7, 11) is 0. The molecule has 0 aliphatic carbocycles. The molecule has 0 fully saturated rings. The lowest BCUT2D eigenvalue weighted by molar-refractivity contribution is 0.482. The Bertz CT molecular complexity index is 494. The van der Waals surface area contributed by atoms with Gasteiger partial charge < -0.3 is 10.5 Å². The maximum Gasteiger partial charge on any atom is 0.129 e. The normalized spacial score (nSPS) is 10.1. The van der Waals surface area contributed by atoms with Crippen molar-refractivity contribution in [1.82, 2.24) is 0 Å². The summed E-state index contributed by atoms with van der Waals surface area (Å²) in [5.74, 6) is 1.44. The third-order valence-electron chi connectivity index (χ3n) is 1.87.